The number of methoxy groups -OCH3 is 1. The number of nitrogens with one attached hydrogen (secondary N) is 1. The van der Waals surface area contributed by atoms with E-state index in [1.807, 2.05) is 50.2 Å². The van der Waals surface area contributed by atoms with E-state index >= 15 is 0 Å². The van der Waals surface area contributed by atoms with Crippen molar-refractivity contribution >= 4 is 5.91 Å². The molecule has 0 aliphatic heterocycles. The molecule has 1 aromatic heterocycles. The number of aromatic nitrogens is 1. The highest BCUT2D eigenvalue weighted by Crippen LogP contribution is 2.39. The molecule has 1 atom stereocenters. The van der Waals surface area contributed by atoms with Crippen LogP contribution >= 0.6 is 0 Å². The average molecular weight is 354 g/mol. The Kier molecular flexibility index (Phi) is 5.28. The molecule has 0 unspecified atom stereocenters. The summed E-state index contributed by atoms with van der Waals surface area (Å²) in [7, 11) is 1.58. The fourth-order valence-corrected chi connectivity index (χ4v) is 3.38. The molecule has 0 saturated heterocycles. The van der Waals surface area contributed by atoms with Crippen LogP contribution in [0.4, 0.5) is 0 Å². The van der Waals surface area contributed by atoms with E-state index < -0.39 is 5.41 Å². The third kappa shape index (κ3) is 3.73. The van der Waals surface area contributed by atoms with Crippen LogP contribution in [0.5, 0.6) is 5.88 Å². The molecule has 0 radical (unpaired) electrons. The van der Waals surface area contributed by atoms with Gasteiger partial charge in [-0.05, 0) is 43.7 Å². The number of carbonyl (C=O) groups is 1. The van der Waals surface area contributed by atoms with Gasteiger partial charge < -0.3 is 15.2 Å². The van der Waals surface area contributed by atoms with Crippen LogP contribution in [0.2, 0.25) is 0 Å². The van der Waals surface area contributed by atoms with Crippen molar-refractivity contribution < 1.29 is 14.6 Å². The number of aliphatic hydroxyl groups excluding tert-OH is 1. The lowest BCUT2D eigenvalue weighted by molar-refractivity contribution is -0.127. The molecule has 1 aliphatic carbocycles. The second kappa shape index (κ2) is 7.46. The number of benzene rings is 1. The number of hydrogen-bond acceptors (Lipinski definition) is 4. The van der Waals surface area contributed by atoms with Gasteiger partial charge in [-0.2, -0.15) is 0 Å². The van der Waals surface area contributed by atoms with Crippen molar-refractivity contribution in [1.82, 2.24) is 10.3 Å². The zero-order valence-corrected chi connectivity index (χ0v) is 15.5. The molecule has 1 aromatic carbocycles. The molecule has 2 N–H and O–H groups in total. The maximum Gasteiger partial charge on any atom is 0.230 e. The van der Waals surface area contributed by atoms with Crippen LogP contribution in [0.3, 0.4) is 0 Å². The number of carbonyl (C=O) groups excluding carboxylic acids is 1. The van der Waals surface area contributed by atoms with E-state index in [1.54, 1.807) is 19.4 Å². The van der Waals surface area contributed by atoms with Crippen molar-refractivity contribution in [3.63, 3.8) is 0 Å². The second-order valence-corrected chi connectivity index (χ2v) is 7.46. The minimum absolute atomic E-state index is 0.0362. The van der Waals surface area contributed by atoms with Crippen LogP contribution in [-0.4, -0.2) is 29.2 Å². The fourth-order valence-electron chi connectivity index (χ4n) is 3.38. The summed E-state index contributed by atoms with van der Waals surface area (Å²) in [5, 5.41) is 12.9. The fraction of sp³-hybridized carbons (Fsp3) is 0.429. The van der Waals surface area contributed by atoms with Gasteiger partial charge in [-0.1, -0.05) is 36.4 Å². The first-order valence-corrected chi connectivity index (χ1v) is 8.96. The molecule has 1 amide bonds. The number of hydrogen-bond donors (Lipinski definition) is 2. The van der Waals surface area contributed by atoms with Gasteiger partial charge in [0.2, 0.25) is 11.8 Å². The molecule has 2 aromatic rings. The first kappa shape index (κ1) is 18.4. The Morgan fingerprint density at radius 3 is 2.46 bits per heavy atom. The van der Waals surface area contributed by atoms with Gasteiger partial charge >= 0.3 is 0 Å². The summed E-state index contributed by atoms with van der Waals surface area (Å²) in [6, 6.07) is 13.3. The van der Waals surface area contributed by atoms with Gasteiger partial charge in [0.25, 0.3) is 0 Å². The van der Waals surface area contributed by atoms with Gasteiger partial charge in [-0.25, -0.2) is 4.98 Å². The molecular formula is C21H26N2O3. The third-order valence-electron chi connectivity index (χ3n) is 5.30. The zero-order chi connectivity index (χ0) is 18.7. The smallest absolute Gasteiger partial charge is 0.230 e. The van der Waals surface area contributed by atoms with Crippen molar-refractivity contribution in [3.8, 4) is 5.88 Å². The standard InChI is InChI=1S/C21H26N2O3/c1-21(2,16-7-5-4-6-8-16)20(25)23-19(15-11-17(24)12-15)14-9-10-18(26-3)22-13-14/h4-10,13,15,17,19,24H,11-12H2,1-3H3,(H,23,25)/t15?,17?,19-/m1/s1. The molecule has 26 heavy (non-hydrogen) atoms. The second-order valence-electron chi connectivity index (χ2n) is 7.46. The Labute approximate surface area is 154 Å². The van der Waals surface area contributed by atoms with Crippen molar-refractivity contribution in [2.45, 2.75) is 44.2 Å². The predicted octanol–water partition coefficient (Wildman–Crippen LogP) is 3.00. The summed E-state index contributed by atoms with van der Waals surface area (Å²) in [6.07, 6.45) is 2.82. The van der Waals surface area contributed by atoms with Crippen molar-refractivity contribution in [2.24, 2.45) is 5.92 Å². The molecule has 1 heterocycles. The van der Waals surface area contributed by atoms with Crippen molar-refractivity contribution in [1.29, 1.82) is 0 Å². The zero-order valence-electron chi connectivity index (χ0n) is 15.5. The van der Waals surface area contributed by atoms with E-state index in [0.29, 0.717) is 18.7 Å². The molecule has 1 aliphatic rings. The lowest BCUT2D eigenvalue weighted by Crippen LogP contribution is -2.47. The van der Waals surface area contributed by atoms with Gasteiger partial charge in [-0.3, -0.25) is 4.79 Å². The number of pyridine rings is 1. The molecule has 1 fully saturated rings. The van der Waals surface area contributed by atoms with Crippen LogP contribution in [0.15, 0.2) is 48.7 Å². The Bertz CT molecular complexity index is 738. The van der Waals surface area contributed by atoms with Crippen LogP contribution in [0, 0.1) is 5.92 Å². The Hall–Kier alpha value is -2.40. The summed E-state index contributed by atoms with van der Waals surface area (Å²) in [4.78, 5) is 17.3. The molecule has 0 spiro atoms. The number of amides is 1. The maximum absolute atomic E-state index is 13.1. The van der Waals surface area contributed by atoms with Crippen molar-refractivity contribution in [3.05, 3.63) is 59.8 Å². The van der Waals surface area contributed by atoms with E-state index in [0.717, 1.165) is 11.1 Å². The van der Waals surface area contributed by atoms with E-state index in [4.69, 9.17) is 4.74 Å². The number of rotatable bonds is 6. The quantitative estimate of drug-likeness (QED) is 0.836. The number of ether oxygens (including phenoxy) is 1. The predicted molar refractivity (Wildman–Crippen MR) is 99.9 cm³/mol. The van der Waals surface area contributed by atoms with E-state index in [2.05, 4.69) is 10.3 Å². The summed E-state index contributed by atoms with van der Waals surface area (Å²) in [6.45, 7) is 3.85. The average Bonchev–Trinajstić information content (AvgIpc) is 2.64. The topological polar surface area (TPSA) is 71.5 Å². The summed E-state index contributed by atoms with van der Waals surface area (Å²) < 4.78 is 5.12. The van der Waals surface area contributed by atoms with Gasteiger partial charge in [-0.15, -0.1) is 0 Å². The third-order valence-corrected chi connectivity index (χ3v) is 5.30. The van der Waals surface area contributed by atoms with Gasteiger partial charge in [0.15, 0.2) is 0 Å². The molecule has 3 rings (SSSR count). The Balaban J connectivity index is 1.82. The first-order chi connectivity index (χ1) is 12.4. The van der Waals surface area contributed by atoms with Crippen molar-refractivity contribution in [2.75, 3.05) is 7.11 Å². The number of nitrogens with zero attached hydrogens (tertiary/aromatic N) is 1. The van der Waals surface area contributed by atoms with Crippen LogP contribution < -0.4 is 10.1 Å². The molecule has 138 valence electrons. The highest BCUT2D eigenvalue weighted by atomic mass is 16.5. The van der Waals surface area contributed by atoms with E-state index in [9.17, 15) is 9.90 Å². The molecule has 0 bridgehead atoms. The molecule has 5 nitrogen and oxygen atoms in total. The Morgan fingerprint density at radius 2 is 1.92 bits per heavy atom. The molecular weight excluding hydrogens is 328 g/mol. The summed E-state index contributed by atoms with van der Waals surface area (Å²) >= 11 is 0. The van der Waals surface area contributed by atoms with E-state index in [1.165, 1.54) is 0 Å². The lowest BCUT2D eigenvalue weighted by atomic mass is 9.74. The highest BCUT2D eigenvalue weighted by molar-refractivity contribution is 5.87. The monoisotopic (exact) mass is 354 g/mol. The van der Waals surface area contributed by atoms with Crippen LogP contribution in [0.25, 0.3) is 0 Å². The normalized spacial score (nSPS) is 20.8. The summed E-state index contributed by atoms with van der Waals surface area (Å²) in [5.41, 5.74) is 1.25. The lowest BCUT2D eigenvalue weighted by Gasteiger charge is -2.39. The SMILES string of the molecule is COc1ccc([C@@H](NC(=O)C(C)(C)c2ccccc2)C2CC(O)C2)cn1. The molecule has 1 saturated carbocycles. The van der Waals surface area contributed by atoms with Gasteiger partial charge in [0.05, 0.1) is 24.7 Å². The summed E-state index contributed by atoms with van der Waals surface area (Å²) in [5.74, 6) is 0.707. The maximum atomic E-state index is 13.1. The highest BCUT2D eigenvalue weighted by Gasteiger charge is 2.38. The van der Waals surface area contributed by atoms with Gasteiger partial charge in [0, 0.05) is 12.3 Å². The largest absolute Gasteiger partial charge is 0.481 e. The van der Waals surface area contributed by atoms with Gasteiger partial charge in [0.1, 0.15) is 0 Å². The minimum Gasteiger partial charge on any atom is -0.481 e. The Morgan fingerprint density at radius 1 is 1.23 bits per heavy atom. The van der Waals surface area contributed by atoms with E-state index in [-0.39, 0.29) is 24.0 Å². The van der Waals surface area contributed by atoms with Crippen LogP contribution in [0.1, 0.15) is 43.9 Å². The first-order valence-electron chi connectivity index (χ1n) is 8.96. The minimum atomic E-state index is -0.651. The number of aliphatic hydroxyl groups is 1. The van der Waals surface area contributed by atoms with Crippen LogP contribution in [-0.2, 0) is 10.2 Å². The molecule has 5 heteroatoms.